The molecule has 94 valence electrons. The molecule has 0 bridgehead atoms. The van der Waals surface area contributed by atoms with Crippen LogP contribution in [0.3, 0.4) is 0 Å². The molecule has 0 radical (unpaired) electrons. The number of phenolic OH excluding ortho intramolecular Hbond substituents is 1. The molecule has 1 aliphatic rings. The molecule has 0 fully saturated rings. The predicted molar refractivity (Wildman–Crippen MR) is 76.3 cm³/mol. The van der Waals surface area contributed by atoms with Crippen molar-refractivity contribution < 1.29 is 5.11 Å². The fraction of sp³-hybridized carbons (Fsp3) is 0.250. The topological polar surface area (TPSA) is 23.5 Å². The van der Waals surface area contributed by atoms with Crippen LogP contribution in [-0.2, 0) is 0 Å². The SMILES string of the molecule is C=c1cc(O)cc(C)c1=C1C(C)=CN(C)C=C1C. The molecule has 0 saturated carbocycles. The van der Waals surface area contributed by atoms with Crippen molar-refractivity contribution >= 4 is 12.2 Å². The van der Waals surface area contributed by atoms with Gasteiger partial charge in [-0.1, -0.05) is 6.58 Å². The maximum absolute atomic E-state index is 9.60. The van der Waals surface area contributed by atoms with Gasteiger partial charge in [0, 0.05) is 19.4 Å². The van der Waals surface area contributed by atoms with E-state index in [4.69, 9.17) is 0 Å². The Morgan fingerprint density at radius 1 is 1.06 bits per heavy atom. The molecule has 0 saturated heterocycles. The molecule has 1 heterocycles. The highest BCUT2D eigenvalue weighted by Gasteiger charge is 2.12. The molecule has 1 aromatic carbocycles. The van der Waals surface area contributed by atoms with Gasteiger partial charge in [-0.2, -0.15) is 0 Å². The lowest BCUT2D eigenvalue weighted by molar-refractivity contribution is 0.474. The van der Waals surface area contributed by atoms with Crippen LogP contribution >= 0.6 is 0 Å². The van der Waals surface area contributed by atoms with E-state index in [-0.39, 0.29) is 5.75 Å². The maximum Gasteiger partial charge on any atom is 0.116 e. The lowest BCUT2D eigenvalue weighted by Gasteiger charge is -2.22. The van der Waals surface area contributed by atoms with Crippen LogP contribution in [0.4, 0.5) is 0 Å². The van der Waals surface area contributed by atoms with Crippen LogP contribution in [0, 0.1) is 6.92 Å². The summed E-state index contributed by atoms with van der Waals surface area (Å²) in [5, 5.41) is 11.6. The summed E-state index contributed by atoms with van der Waals surface area (Å²) in [5.41, 5.74) is 4.71. The number of rotatable bonds is 0. The van der Waals surface area contributed by atoms with Crippen LogP contribution in [0.1, 0.15) is 19.4 Å². The predicted octanol–water partition coefficient (Wildman–Crippen LogP) is 2.01. The van der Waals surface area contributed by atoms with Crippen LogP contribution < -0.4 is 10.4 Å². The molecule has 0 aromatic heterocycles. The van der Waals surface area contributed by atoms with Crippen molar-refractivity contribution in [3.05, 3.63) is 51.7 Å². The van der Waals surface area contributed by atoms with E-state index < -0.39 is 0 Å². The monoisotopic (exact) mass is 241 g/mol. The smallest absolute Gasteiger partial charge is 0.116 e. The van der Waals surface area contributed by atoms with E-state index in [9.17, 15) is 5.11 Å². The van der Waals surface area contributed by atoms with Gasteiger partial charge < -0.3 is 10.0 Å². The van der Waals surface area contributed by atoms with E-state index in [0.717, 1.165) is 16.0 Å². The first-order valence-electron chi connectivity index (χ1n) is 6.02. The minimum Gasteiger partial charge on any atom is -0.508 e. The van der Waals surface area contributed by atoms with Gasteiger partial charge in [0.05, 0.1) is 0 Å². The van der Waals surface area contributed by atoms with Crippen LogP contribution in [0.5, 0.6) is 5.75 Å². The Bertz CT molecular complexity index is 643. The van der Waals surface area contributed by atoms with Gasteiger partial charge in [0.15, 0.2) is 0 Å². The van der Waals surface area contributed by atoms with Gasteiger partial charge in [-0.05, 0) is 65.6 Å². The molecule has 0 spiro atoms. The van der Waals surface area contributed by atoms with E-state index >= 15 is 0 Å². The fourth-order valence-corrected chi connectivity index (χ4v) is 2.68. The summed E-state index contributed by atoms with van der Waals surface area (Å²) in [7, 11) is 2.03. The molecular weight excluding hydrogens is 222 g/mol. The summed E-state index contributed by atoms with van der Waals surface area (Å²) in [6.45, 7) is 10.3. The largest absolute Gasteiger partial charge is 0.508 e. The third kappa shape index (κ3) is 2.06. The highest BCUT2D eigenvalue weighted by molar-refractivity contribution is 5.78. The molecule has 0 unspecified atom stereocenters. The first-order valence-corrected chi connectivity index (χ1v) is 6.02. The van der Waals surface area contributed by atoms with Crippen LogP contribution in [0.2, 0.25) is 0 Å². The number of aryl methyl sites for hydroxylation is 1. The molecule has 1 N–H and O–H groups in total. The Hall–Kier alpha value is -1.96. The normalized spacial score (nSPS) is 15.6. The Morgan fingerprint density at radius 2 is 1.61 bits per heavy atom. The summed E-state index contributed by atoms with van der Waals surface area (Å²) in [5.74, 6) is 0.276. The lowest BCUT2D eigenvalue weighted by atomic mass is 9.93. The molecule has 0 aliphatic carbocycles. The zero-order valence-electron chi connectivity index (χ0n) is 11.4. The van der Waals surface area contributed by atoms with E-state index in [1.54, 1.807) is 12.1 Å². The molecule has 2 nitrogen and oxygen atoms in total. The average Bonchev–Trinajstić information content (AvgIpc) is 2.20. The summed E-state index contributed by atoms with van der Waals surface area (Å²) >= 11 is 0. The van der Waals surface area contributed by atoms with Gasteiger partial charge in [0.2, 0.25) is 0 Å². The van der Waals surface area contributed by atoms with Crippen molar-refractivity contribution in [3.63, 3.8) is 0 Å². The van der Waals surface area contributed by atoms with Crippen molar-refractivity contribution in [3.8, 4) is 5.75 Å². The summed E-state index contributed by atoms with van der Waals surface area (Å²) in [6, 6.07) is 3.50. The quantitative estimate of drug-likeness (QED) is 0.751. The van der Waals surface area contributed by atoms with E-state index in [2.05, 4.69) is 37.7 Å². The van der Waals surface area contributed by atoms with Crippen molar-refractivity contribution in [1.82, 2.24) is 4.90 Å². The van der Waals surface area contributed by atoms with E-state index in [0.29, 0.717) is 0 Å². The second kappa shape index (κ2) is 4.37. The van der Waals surface area contributed by atoms with Crippen molar-refractivity contribution in [2.24, 2.45) is 0 Å². The van der Waals surface area contributed by atoms with Gasteiger partial charge in [-0.15, -0.1) is 0 Å². The Morgan fingerprint density at radius 3 is 2.11 bits per heavy atom. The Kier molecular flexibility index (Phi) is 3.04. The first-order chi connectivity index (χ1) is 8.40. The number of hydrogen-bond acceptors (Lipinski definition) is 2. The Labute approximate surface area is 108 Å². The Balaban J connectivity index is 2.89. The zero-order chi connectivity index (χ0) is 13.4. The number of benzene rings is 1. The standard InChI is InChI=1S/C16H19NO/c1-10-6-14(18)7-11(2)15(10)16-12(3)8-17(5)9-13(16)4/h6-9,18H,1H2,2-5H3. The number of allylic oxidation sites excluding steroid dienone is 2. The number of hydrogen-bond donors (Lipinski definition) is 1. The summed E-state index contributed by atoms with van der Waals surface area (Å²) in [4.78, 5) is 2.06. The minimum atomic E-state index is 0.276. The molecule has 2 heteroatoms. The van der Waals surface area contributed by atoms with Gasteiger partial charge in [0.1, 0.15) is 5.75 Å². The van der Waals surface area contributed by atoms with Gasteiger partial charge in [-0.25, -0.2) is 0 Å². The molecule has 1 aliphatic heterocycles. The van der Waals surface area contributed by atoms with Gasteiger partial charge in [0.25, 0.3) is 0 Å². The summed E-state index contributed by atoms with van der Waals surface area (Å²) in [6.07, 6.45) is 4.21. The van der Waals surface area contributed by atoms with Crippen molar-refractivity contribution in [2.45, 2.75) is 20.8 Å². The van der Waals surface area contributed by atoms with Gasteiger partial charge >= 0.3 is 0 Å². The van der Waals surface area contributed by atoms with Crippen LogP contribution in [-0.4, -0.2) is 17.1 Å². The van der Waals surface area contributed by atoms with E-state index in [1.165, 1.54) is 16.7 Å². The maximum atomic E-state index is 9.60. The number of phenols is 1. The molecule has 0 amide bonds. The molecule has 18 heavy (non-hydrogen) atoms. The minimum absolute atomic E-state index is 0.276. The molecule has 0 atom stereocenters. The molecule has 1 aromatic rings. The zero-order valence-corrected chi connectivity index (χ0v) is 11.4. The second-order valence-electron chi connectivity index (χ2n) is 4.96. The van der Waals surface area contributed by atoms with Crippen molar-refractivity contribution in [1.29, 1.82) is 0 Å². The van der Waals surface area contributed by atoms with Gasteiger partial charge in [-0.3, -0.25) is 0 Å². The molecular formula is C16H19NO. The number of nitrogens with zero attached hydrogens (tertiary/aromatic N) is 1. The van der Waals surface area contributed by atoms with Crippen molar-refractivity contribution in [2.75, 3.05) is 7.05 Å². The highest BCUT2D eigenvalue weighted by atomic mass is 16.3. The molecule has 2 rings (SSSR count). The highest BCUT2D eigenvalue weighted by Crippen LogP contribution is 2.24. The third-order valence-electron chi connectivity index (χ3n) is 3.24. The third-order valence-corrected chi connectivity index (χ3v) is 3.24. The van der Waals surface area contributed by atoms with Crippen LogP contribution in [0.15, 0.2) is 35.7 Å². The van der Waals surface area contributed by atoms with Crippen LogP contribution in [0.25, 0.3) is 12.2 Å². The fourth-order valence-electron chi connectivity index (χ4n) is 2.68. The lowest BCUT2D eigenvalue weighted by Crippen LogP contribution is -2.30. The first kappa shape index (κ1) is 12.5. The average molecular weight is 241 g/mol. The van der Waals surface area contributed by atoms with E-state index in [1.807, 2.05) is 14.0 Å². The summed E-state index contributed by atoms with van der Waals surface area (Å²) < 4.78 is 0. The number of aromatic hydroxyl groups is 1. The second-order valence-corrected chi connectivity index (χ2v) is 4.96.